The van der Waals surface area contributed by atoms with Crippen LogP contribution in [-0.2, 0) is 14.2 Å². The second-order valence-corrected chi connectivity index (χ2v) is 6.93. The average molecular weight is 366 g/mol. The molecule has 1 saturated heterocycles. The molecule has 0 aliphatic carbocycles. The molecule has 2 atom stereocenters. The van der Waals surface area contributed by atoms with Gasteiger partial charge in [0.05, 0.1) is 23.7 Å². The molecule has 1 fully saturated rings. The van der Waals surface area contributed by atoms with Crippen LogP contribution >= 0.6 is 0 Å². The van der Waals surface area contributed by atoms with Crippen LogP contribution in [0.1, 0.15) is 31.1 Å². The molecule has 142 valence electrons. The smallest absolute Gasteiger partial charge is 0.407 e. The van der Waals surface area contributed by atoms with Gasteiger partial charge in [0.15, 0.2) is 0 Å². The Hall–Kier alpha value is -2.68. The van der Waals surface area contributed by atoms with Gasteiger partial charge in [-0.2, -0.15) is 0 Å². The number of rotatable bonds is 5. The van der Waals surface area contributed by atoms with Crippen molar-refractivity contribution in [2.45, 2.75) is 32.5 Å². The van der Waals surface area contributed by atoms with E-state index in [0.29, 0.717) is 6.61 Å². The number of carbonyl (C=O) groups is 2. The van der Waals surface area contributed by atoms with Gasteiger partial charge in [-0.3, -0.25) is 10.1 Å². The Balaban J connectivity index is 1.88. The largest absolute Gasteiger partial charge is 0.456 e. The number of nitro groups is 1. The first kappa shape index (κ1) is 19.6. The van der Waals surface area contributed by atoms with Gasteiger partial charge in [0.1, 0.15) is 11.7 Å². The summed E-state index contributed by atoms with van der Waals surface area (Å²) >= 11 is 0. The van der Waals surface area contributed by atoms with Gasteiger partial charge in [-0.05, 0) is 32.9 Å². The van der Waals surface area contributed by atoms with Gasteiger partial charge in [-0.1, -0.05) is 0 Å². The van der Waals surface area contributed by atoms with Gasteiger partial charge >= 0.3 is 12.1 Å². The molecule has 0 unspecified atom stereocenters. The number of nitrogens with zero attached hydrogens (tertiary/aromatic N) is 1. The molecule has 0 bridgehead atoms. The molecule has 1 amide bonds. The average Bonchev–Trinajstić information content (AvgIpc) is 2.98. The first-order valence-electron chi connectivity index (χ1n) is 8.16. The van der Waals surface area contributed by atoms with Crippen molar-refractivity contribution in [2.75, 3.05) is 19.8 Å². The molecular weight excluding hydrogens is 344 g/mol. The zero-order valence-corrected chi connectivity index (χ0v) is 14.9. The molecule has 1 aliphatic heterocycles. The summed E-state index contributed by atoms with van der Waals surface area (Å²) in [6.45, 7) is 6.10. The van der Waals surface area contributed by atoms with Crippen LogP contribution in [0, 0.1) is 16.0 Å². The number of hydrogen-bond acceptors (Lipinski definition) is 7. The van der Waals surface area contributed by atoms with Crippen molar-refractivity contribution in [3.63, 3.8) is 0 Å². The maximum Gasteiger partial charge on any atom is 0.407 e. The Labute approximate surface area is 150 Å². The lowest BCUT2D eigenvalue weighted by molar-refractivity contribution is -0.384. The standard InChI is InChI=1S/C17H22N2O7/c1-17(2,3)26-16(21)18-8-12-9-24-10-14(12)25-15(20)11-4-6-13(7-5-11)19(22)23/h4-7,12,14H,8-10H2,1-3H3,(H,18,21)/t12-,14+/m1/s1. The van der Waals surface area contributed by atoms with Crippen LogP contribution in [0.3, 0.4) is 0 Å². The topological polar surface area (TPSA) is 117 Å². The van der Waals surface area contributed by atoms with Crippen molar-refractivity contribution in [1.29, 1.82) is 0 Å². The zero-order valence-electron chi connectivity index (χ0n) is 14.9. The van der Waals surface area contributed by atoms with E-state index in [2.05, 4.69) is 5.32 Å². The first-order chi connectivity index (χ1) is 12.2. The summed E-state index contributed by atoms with van der Waals surface area (Å²) in [5, 5.41) is 13.3. The van der Waals surface area contributed by atoms with E-state index in [0.717, 1.165) is 0 Å². The van der Waals surface area contributed by atoms with Gasteiger partial charge < -0.3 is 19.5 Å². The second kappa shape index (κ2) is 8.13. The molecule has 0 spiro atoms. The lowest BCUT2D eigenvalue weighted by Crippen LogP contribution is -2.39. The predicted molar refractivity (Wildman–Crippen MR) is 90.8 cm³/mol. The van der Waals surface area contributed by atoms with E-state index in [1.165, 1.54) is 24.3 Å². The fourth-order valence-electron chi connectivity index (χ4n) is 2.35. The third kappa shape index (κ3) is 5.69. The quantitative estimate of drug-likeness (QED) is 0.482. The molecule has 0 aromatic heterocycles. The van der Waals surface area contributed by atoms with Crippen molar-refractivity contribution in [3.05, 3.63) is 39.9 Å². The molecule has 0 radical (unpaired) electrons. The molecule has 1 aromatic rings. The number of ether oxygens (including phenoxy) is 3. The van der Waals surface area contributed by atoms with E-state index >= 15 is 0 Å². The molecule has 1 aliphatic rings. The molecule has 1 N–H and O–H groups in total. The minimum absolute atomic E-state index is 0.106. The van der Waals surface area contributed by atoms with Crippen LogP contribution in [0.25, 0.3) is 0 Å². The Bertz CT molecular complexity index is 667. The summed E-state index contributed by atoms with van der Waals surface area (Å²) in [4.78, 5) is 34.0. The van der Waals surface area contributed by atoms with Crippen molar-refractivity contribution < 1.29 is 28.7 Å². The number of nitrogens with one attached hydrogen (secondary N) is 1. The molecule has 1 heterocycles. The number of non-ortho nitro benzene ring substituents is 1. The number of hydrogen-bond donors (Lipinski definition) is 1. The zero-order chi connectivity index (χ0) is 19.3. The number of nitro benzene ring substituents is 1. The Morgan fingerprint density at radius 1 is 1.27 bits per heavy atom. The second-order valence-electron chi connectivity index (χ2n) is 6.93. The summed E-state index contributed by atoms with van der Waals surface area (Å²) in [7, 11) is 0. The normalized spacial score (nSPS) is 19.7. The highest BCUT2D eigenvalue weighted by atomic mass is 16.6. The third-order valence-electron chi connectivity index (χ3n) is 3.62. The highest BCUT2D eigenvalue weighted by Crippen LogP contribution is 2.20. The maximum absolute atomic E-state index is 12.2. The van der Waals surface area contributed by atoms with E-state index in [4.69, 9.17) is 14.2 Å². The van der Waals surface area contributed by atoms with E-state index in [-0.39, 0.29) is 30.3 Å². The minimum atomic E-state index is -0.599. The van der Waals surface area contributed by atoms with Crippen LogP contribution < -0.4 is 5.32 Å². The monoisotopic (exact) mass is 366 g/mol. The van der Waals surface area contributed by atoms with Gasteiger partial charge in [0.2, 0.25) is 0 Å². The summed E-state index contributed by atoms with van der Waals surface area (Å²) in [5.41, 5.74) is -0.496. The summed E-state index contributed by atoms with van der Waals surface area (Å²) in [6.07, 6.45) is -1.07. The van der Waals surface area contributed by atoms with Crippen LogP contribution in [0.15, 0.2) is 24.3 Å². The van der Waals surface area contributed by atoms with Crippen LogP contribution in [0.4, 0.5) is 10.5 Å². The summed E-state index contributed by atoms with van der Waals surface area (Å²) in [6, 6.07) is 5.15. The predicted octanol–water partition coefficient (Wildman–Crippen LogP) is 2.29. The van der Waals surface area contributed by atoms with Crippen LogP contribution in [0.5, 0.6) is 0 Å². The Morgan fingerprint density at radius 2 is 1.92 bits per heavy atom. The molecule has 9 nitrogen and oxygen atoms in total. The lowest BCUT2D eigenvalue weighted by Gasteiger charge is -2.22. The van der Waals surface area contributed by atoms with Crippen LogP contribution in [-0.4, -0.2) is 48.4 Å². The number of alkyl carbamates (subject to hydrolysis) is 1. The highest BCUT2D eigenvalue weighted by molar-refractivity contribution is 5.89. The summed E-state index contributed by atoms with van der Waals surface area (Å²) < 4.78 is 15.9. The minimum Gasteiger partial charge on any atom is -0.456 e. The van der Waals surface area contributed by atoms with E-state index in [1.807, 2.05) is 0 Å². The fourth-order valence-corrected chi connectivity index (χ4v) is 2.35. The van der Waals surface area contributed by atoms with E-state index in [1.54, 1.807) is 20.8 Å². The highest BCUT2D eigenvalue weighted by Gasteiger charge is 2.32. The van der Waals surface area contributed by atoms with Gasteiger partial charge in [0, 0.05) is 24.6 Å². The molecule has 9 heteroatoms. The number of esters is 1. The molecule has 2 rings (SSSR count). The fraction of sp³-hybridized carbons (Fsp3) is 0.529. The van der Waals surface area contributed by atoms with Gasteiger partial charge in [-0.15, -0.1) is 0 Å². The van der Waals surface area contributed by atoms with Gasteiger partial charge in [0.25, 0.3) is 5.69 Å². The maximum atomic E-state index is 12.2. The molecule has 1 aromatic carbocycles. The number of benzene rings is 1. The van der Waals surface area contributed by atoms with Crippen molar-refractivity contribution in [2.24, 2.45) is 5.92 Å². The molecule has 0 saturated carbocycles. The Morgan fingerprint density at radius 3 is 2.50 bits per heavy atom. The van der Waals surface area contributed by atoms with E-state index < -0.39 is 28.7 Å². The van der Waals surface area contributed by atoms with Crippen molar-refractivity contribution in [1.82, 2.24) is 5.32 Å². The molecular formula is C17H22N2O7. The van der Waals surface area contributed by atoms with Crippen LogP contribution in [0.2, 0.25) is 0 Å². The molecule has 26 heavy (non-hydrogen) atoms. The first-order valence-corrected chi connectivity index (χ1v) is 8.16. The van der Waals surface area contributed by atoms with Crippen molar-refractivity contribution in [3.8, 4) is 0 Å². The van der Waals surface area contributed by atoms with Crippen molar-refractivity contribution >= 4 is 17.7 Å². The summed E-state index contributed by atoms with van der Waals surface area (Å²) in [5.74, 6) is -0.804. The Kier molecular flexibility index (Phi) is 6.14. The number of amides is 1. The van der Waals surface area contributed by atoms with E-state index in [9.17, 15) is 19.7 Å². The SMILES string of the molecule is CC(C)(C)OC(=O)NC[C@@H]1COC[C@@H]1OC(=O)c1ccc([N+](=O)[O-])cc1. The third-order valence-corrected chi connectivity index (χ3v) is 3.62. The number of carbonyl (C=O) groups excluding carboxylic acids is 2. The lowest BCUT2D eigenvalue weighted by atomic mass is 10.1. The van der Waals surface area contributed by atoms with Gasteiger partial charge in [-0.25, -0.2) is 9.59 Å².